The van der Waals surface area contributed by atoms with E-state index >= 15 is 0 Å². The molecule has 0 unspecified atom stereocenters. The SMILES string of the molecule is CO[C@H](CNC(=O)NCc1c(C)cc(C)[nH]c1=O)c1ccccc1. The van der Waals surface area contributed by atoms with E-state index in [9.17, 15) is 9.59 Å². The Hall–Kier alpha value is -2.60. The molecule has 1 heterocycles. The molecule has 2 aromatic rings. The van der Waals surface area contributed by atoms with Crippen LogP contribution in [0.25, 0.3) is 0 Å². The molecule has 1 aromatic carbocycles. The highest BCUT2D eigenvalue weighted by Gasteiger charge is 2.12. The summed E-state index contributed by atoms with van der Waals surface area (Å²) in [5.41, 5.74) is 3.03. The fraction of sp³-hybridized carbons (Fsp3) is 0.333. The summed E-state index contributed by atoms with van der Waals surface area (Å²) >= 11 is 0. The molecule has 2 amide bonds. The molecular weight excluding hydrogens is 306 g/mol. The number of ether oxygens (including phenoxy) is 1. The number of aromatic amines is 1. The van der Waals surface area contributed by atoms with Gasteiger partial charge in [-0.2, -0.15) is 0 Å². The zero-order valence-electron chi connectivity index (χ0n) is 14.2. The molecule has 6 heteroatoms. The Labute approximate surface area is 141 Å². The van der Waals surface area contributed by atoms with Crippen LogP contribution in [0.15, 0.2) is 41.2 Å². The van der Waals surface area contributed by atoms with Gasteiger partial charge in [0, 0.05) is 24.9 Å². The summed E-state index contributed by atoms with van der Waals surface area (Å²) in [7, 11) is 1.60. The van der Waals surface area contributed by atoms with Crippen LogP contribution in [0.2, 0.25) is 0 Å². The third-order valence-corrected chi connectivity index (χ3v) is 3.82. The third kappa shape index (κ3) is 4.70. The lowest BCUT2D eigenvalue weighted by Crippen LogP contribution is -2.38. The first kappa shape index (κ1) is 17.7. The van der Waals surface area contributed by atoms with Crippen LogP contribution in [0.4, 0.5) is 4.79 Å². The number of methoxy groups -OCH3 is 1. The van der Waals surface area contributed by atoms with Crippen molar-refractivity contribution < 1.29 is 9.53 Å². The smallest absolute Gasteiger partial charge is 0.315 e. The Balaban J connectivity index is 1.89. The number of rotatable bonds is 6. The van der Waals surface area contributed by atoms with Crippen LogP contribution >= 0.6 is 0 Å². The van der Waals surface area contributed by atoms with Gasteiger partial charge < -0.3 is 20.4 Å². The van der Waals surface area contributed by atoms with Crippen LogP contribution in [-0.2, 0) is 11.3 Å². The van der Waals surface area contributed by atoms with Gasteiger partial charge in [-0.1, -0.05) is 30.3 Å². The van der Waals surface area contributed by atoms with E-state index in [-0.39, 0.29) is 24.2 Å². The number of nitrogens with one attached hydrogen (secondary N) is 3. The molecule has 0 fully saturated rings. The minimum absolute atomic E-state index is 0.174. The van der Waals surface area contributed by atoms with Crippen molar-refractivity contribution in [2.24, 2.45) is 0 Å². The van der Waals surface area contributed by atoms with Gasteiger partial charge in [-0.15, -0.1) is 0 Å². The van der Waals surface area contributed by atoms with Gasteiger partial charge >= 0.3 is 6.03 Å². The van der Waals surface area contributed by atoms with Crippen LogP contribution in [0.1, 0.15) is 28.5 Å². The van der Waals surface area contributed by atoms with E-state index in [2.05, 4.69) is 15.6 Å². The van der Waals surface area contributed by atoms with Crippen molar-refractivity contribution in [3.8, 4) is 0 Å². The number of amides is 2. The molecular formula is C18H23N3O3. The monoisotopic (exact) mass is 329 g/mol. The van der Waals surface area contributed by atoms with Gasteiger partial charge in [-0.25, -0.2) is 4.79 Å². The van der Waals surface area contributed by atoms with E-state index in [1.165, 1.54) is 0 Å². The number of H-pyrrole nitrogens is 1. The largest absolute Gasteiger partial charge is 0.375 e. The summed E-state index contributed by atoms with van der Waals surface area (Å²) in [4.78, 5) is 26.6. The molecule has 128 valence electrons. The van der Waals surface area contributed by atoms with Crippen LogP contribution in [-0.4, -0.2) is 24.7 Å². The topological polar surface area (TPSA) is 83.2 Å². The first-order valence-electron chi connectivity index (χ1n) is 7.80. The maximum Gasteiger partial charge on any atom is 0.315 e. The molecule has 3 N–H and O–H groups in total. The molecule has 0 aliphatic heterocycles. The third-order valence-electron chi connectivity index (χ3n) is 3.82. The number of aryl methyl sites for hydroxylation is 2. The van der Waals surface area contributed by atoms with Crippen molar-refractivity contribution >= 4 is 6.03 Å². The Kier molecular flexibility index (Phi) is 6.14. The zero-order chi connectivity index (χ0) is 17.5. The van der Waals surface area contributed by atoms with Crippen molar-refractivity contribution in [3.63, 3.8) is 0 Å². The molecule has 0 saturated carbocycles. The lowest BCUT2D eigenvalue weighted by atomic mass is 10.1. The fourth-order valence-corrected chi connectivity index (χ4v) is 2.52. The van der Waals surface area contributed by atoms with Gasteiger partial charge in [0.15, 0.2) is 0 Å². The minimum Gasteiger partial charge on any atom is -0.375 e. The highest BCUT2D eigenvalue weighted by molar-refractivity contribution is 5.73. The van der Waals surface area contributed by atoms with Gasteiger partial charge in [-0.05, 0) is 31.0 Å². The number of aromatic nitrogens is 1. The highest BCUT2D eigenvalue weighted by atomic mass is 16.5. The Morgan fingerprint density at radius 3 is 2.54 bits per heavy atom. The quantitative estimate of drug-likeness (QED) is 0.759. The highest BCUT2D eigenvalue weighted by Crippen LogP contribution is 2.14. The average Bonchev–Trinajstić information content (AvgIpc) is 2.55. The summed E-state index contributed by atoms with van der Waals surface area (Å²) in [5, 5.41) is 5.47. The first-order chi connectivity index (χ1) is 11.5. The van der Waals surface area contributed by atoms with E-state index < -0.39 is 0 Å². The van der Waals surface area contributed by atoms with Crippen molar-refractivity contribution in [1.29, 1.82) is 0 Å². The molecule has 0 saturated heterocycles. The molecule has 0 radical (unpaired) electrons. The second-order valence-electron chi connectivity index (χ2n) is 5.64. The van der Waals surface area contributed by atoms with E-state index in [0.717, 1.165) is 16.8 Å². The number of hydrogen-bond donors (Lipinski definition) is 3. The second kappa shape index (κ2) is 8.31. The minimum atomic E-state index is -0.340. The summed E-state index contributed by atoms with van der Waals surface area (Å²) in [6.45, 7) is 4.20. The van der Waals surface area contributed by atoms with Crippen LogP contribution in [0.5, 0.6) is 0 Å². The summed E-state index contributed by atoms with van der Waals surface area (Å²) in [6, 6.07) is 11.2. The molecule has 1 atom stereocenters. The van der Waals surface area contributed by atoms with E-state index in [1.54, 1.807) is 7.11 Å². The molecule has 0 spiro atoms. The van der Waals surface area contributed by atoms with Gasteiger partial charge in [0.05, 0.1) is 12.6 Å². The molecule has 0 bridgehead atoms. The Morgan fingerprint density at radius 1 is 1.21 bits per heavy atom. The normalized spacial score (nSPS) is 11.8. The van der Waals surface area contributed by atoms with E-state index in [0.29, 0.717) is 12.1 Å². The lowest BCUT2D eigenvalue weighted by molar-refractivity contribution is 0.104. The predicted octanol–water partition coefficient (Wildman–Crippen LogP) is 2.18. The van der Waals surface area contributed by atoms with Gasteiger partial charge in [0.1, 0.15) is 0 Å². The zero-order valence-corrected chi connectivity index (χ0v) is 14.2. The van der Waals surface area contributed by atoms with E-state index in [1.807, 2.05) is 50.2 Å². The maximum atomic E-state index is 12.0. The molecule has 24 heavy (non-hydrogen) atoms. The molecule has 1 aromatic heterocycles. The number of hydrogen-bond acceptors (Lipinski definition) is 3. The predicted molar refractivity (Wildman–Crippen MR) is 93.0 cm³/mol. The lowest BCUT2D eigenvalue weighted by Gasteiger charge is -2.17. The van der Waals surface area contributed by atoms with Crippen LogP contribution in [0, 0.1) is 13.8 Å². The van der Waals surface area contributed by atoms with Crippen molar-refractivity contribution in [3.05, 3.63) is 69.1 Å². The summed E-state index contributed by atoms with van der Waals surface area (Å²) in [6.07, 6.45) is -0.221. The average molecular weight is 329 g/mol. The van der Waals surface area contributed by atoms with Gasteiger partial charge in [-0.3, -0.25) is 4.79 Å². The fourth-order valence-electron chi connectivity index (χ4n) is 2.52. The van der Waals surface area contributed by atoms with E-state index in [4.69, 9.17) is 4.74 Å². The first-order valence-corrected chi connectivity index (χ1v) is 7.80. The number of carbonyl (C=O) groups is 1. The van der Waals surface area contributed by atoms with Crippen molar-refractivity contribution in [1.82, 2.24) is 15.6 Å². The number of pyridine rings is 1. The van der Waals surface area contributed by atoms with Crippen molar-refractivity contribution in [2.75, 3.05) is 13.7 Å². The van der Waals surface area contributed by atoms with Gasteiger partial charge in [0.2, 0.25) is 0 Å². The summed E-state index contributed by atoms with van der Waals surface area (Å²) < 4.78 is 5.40. The number of carbonyl (C=O) groups excluding carboxylic acids is 1. The maximum absolute atomic E-state index is 12.0. The van der Waals surface area contributed by atoms with Crippen molar-refractivity contribution in [2.45, 2.75) is 26.5 Å². The van der Waals surface area contributed by atoms with Gasteiger partial charge in [0.25, 0.3) is 5.56 Å². The number of benzene rings is 1. The molecule has 6 nitrogen and oxygen atoms in total. The number of urea groups is 1. The summed E-state index contributed by atoms with van der Waals surface area (Å²) in [5.74, 6) is 0. The Bertz CT molecular complexity index is 741. The molecule has 0 aliphatic rings. The second-order valence-corrected chi connectivity index (χ2v) is 5.64. The molecule has 2 rings (SSSR count). The van der Waals surface area contributed by atoms with Crippen LogP contribution in [0.3, 0.4) is 0 Å². The molecule has 0 aliphatic carbocycles. The van der Waals surface area contributed by atoms with Crippen LogP contribution < -0.4 is 16.2 Å². The standard InChI is InChI=1S/C18H23N3O3/c1-12-9-13(2)21-17(22)15(12)10-19-18(23)20-11-16(24-3)14-7-5-4-6-8-14/h4-9,16H,10-11H2,1-3H3,(H,21,22)(H2,19,20,23)/t16-/m1/s1. The Morgan fingerprint density at radius 2 is 1.92 bits per heavy atom.